The first-order chi connectivity index (χ1) is 12.7. The van der Waals surface area contributed by atoms with E-state index in [0.29, 0.717) is 13.1 Å². The van der Waals surface area contributed by atoms with Gasteiger partial charge >= 0.3 is 0 Å². The zero-order valence-electron chi connectivity index (χ0n) is 15.5. The predicted octanol–water partition coefficient (Wildman–Crippen LogP) is 0.888. The van der Waals surface area contributed by atoms with E-state index >= 15 is 0 Å². The topological polar surface area (TPSA) is 88.5 Å². The molecule has 9 heteroatoms. The molecular formula is C17H25N9. The number of aryl methyl sites for hydroxylation is 2. The Morgan fingerprint density at radius 3 is 2.92 bits per heavy atom. The lowest BCUT2D eigenvalue weighted by molar-refractivity contribution is 0.448. The molecule has 1 N–H and O–H groups in total. The third-order valence-electron chi connectivity index (χ3n) is 4.08. The highest BCUT2D eigenvalue weighted by atomic mass is 15.4. The van der Waals surface area contributed by atoms with Gasteiger partial charge in [0.05, 0.1) is 6.54 Å². The van der Waals surface area contributed by atoms with Crippen molar-refractivity contribution in [2.24, 2.45) is 12.0 Å². The fourth-order valence-corrected chi connectivity index (χ4v) is 2.70. The van der Waals surface area contributed by atoms with Crippen molar-refractivity contribution < 1.29 is 0 Å². The average molecular weight is 355 g/mol. The first kappa shape index (κ1) is 17.8. The third kappa shape index (κ3) is 4.16. The zero-order valence-corrected chi connectivity index (χ0v) is 15.5. The molecule has 26 heavy (non-hydrogen) atoms. The van der Waals surface area contributed by atoms with Gasteiger partial charge < -0.3 is 10.2 Å². The molecule has 0 aromatic carbocycles. The predicted molar refractivity (Wildman–Crippen MR) is 99.8 cm³/mol. The lowest BCUT2D eigenvalue weighted by Gasteiger charge is -2.21. The van der Waals surface area contributed by atoms with E-state index in [2.05, 4.69) is 37.4 Å². The minimum absolute atomic E-state index is 0.650. The van der Waals surface area contributed by atoms with Crippen molar-refractivity contribution in [1.29, 1.82) is 0 Å². The number of aromatic nitrogens is 6. The number of fused-ring (bicyclic) bond motifs is 1. The molecule has 0 bridgehead atoms. The fraction of sp³-hybridized carbons (Fsp3) is 0.471. The molecule has 0 unspecified atom stereocenters. The van der Waals surface area contributed by atoms with Crippen molar-refractivity contribution in [1.82, 2.24) is 39.6 Å². The largest absolute Gasteiger partial charge is 0.357 e. The Morgan fingerprint density at radius 1 is 1.27 bits per heavy atom. The highest BCUT2D eigenvalue weighted by molar-refractivity contribution is 5.79. The van der Waals surface area contributed by atoms with Crippen LogP contribution in [0, 0.1) is 0 Å². The summed E-state index contributed by atoms with van der Waals surface area (Å²) in [7, 11) is 3.89. The van der Waals surface area contributed by atoms with Gasteiger partial charge in [0.15, 0.2) is 11.6 Å². The van der Waals surface area contributed by atoms with Gasteiger partial charge in [-0.25, -0.2) is 4.98 Å². The molecule has 0 atom stereocenters. The summed E-state index contributed by atoms with van der Waals surface area (Å²) in [6.45, 7) is 4.25. The Bertz CT molecular complexity index is 864. The van der Waals surface area contributed by atoms with Gasteiger partial charge in [-0.1, -0.05) is 6.07 Å². The molecule has 3 aromatic heterocycles. The molecule has 138 valence electrons. The van der Waals surface area contributed by atoms with Gasteiger partial charge in [0.25, 0.3) is 0 Å². The monoisotopic (exact) mass is 355 g/mol. The molecule has 0 amide bonds. The second-order valence-electron chi connectivity index (χ2n) is 6.04. The van der Waals surface area contributed by atoms with E-state index in [9.17, 15) is 0 Å². The third-order valence-corrected chi connectivity index (χ3v) is 4.08. The number of aliphatic imine (C=N–C) groups is 1. The summed E-state index contributed by atoms with van der Waals surface area (Å²) in [5.74, 6) is 2.72. The van der Waals surface area contributed by atoms with E-state index in [1.807, 2.05) is 42.9 Å². The van der Waals surface area contributed by atoms with Crippen LogP contribution in [-0.2, 0) is 20.0 Å². The maximum absolute atomic E-state index is 4.72. The first-order valence-electron chi connectivity index (χ1n) is 8.80. The standard InChI is InChI=1S/C17H25N9/c1-4-18-17(24(2)12-16-20-13-21-25(16)3)19-10-7-9-15-23-22-14-8-5-6-11-26(14)15/h5-6,8,11,13H,4,7,9-10,12H2,1-3H3,(H,18,19). The Kier molecular flexibility index (Phi) is 5.77. The van der Waals surface area contributed by atoms with Gasteiger partial charge in [-0.15, -0.1) is 10.2 Å². The van der Waals surface area contributed by atoms with Crippen molar-refractivity contribution in [3.05, 3.63) is 42.4 Å². The summed E-state index contributed by atoms with van der Waals surface area (Å²) >= 11 is 0. The minimum atomic E-state index is 0.650. The quantitative estimate of drug-likeness (QED) is 0.385. The van der Waals surface area contributed by atoms with Crippen LogP contribution >= 0.6 is 0 Å². The molecule has 3 heterocycles. The Hall–Kier alpha value is -2.97. The molecule has 0 saturated heterocycles. The van der Waals surface area contributed by atoms with E-state index in [0.717, 1.165) is 42.6 Å². The maximum atomic E-state index is 4.72. The molecule has 3 rings (SSSR count). The number of guanidine groups is 1. The molecule has 0 aliphatic carbocycles. The van der Waals surface area contributed by atoms with Crippen LogP contribution in [0.1, 0.15) is 25.0 Å². The smallest absolute Gasteiger partial charge is 0.194 e. The molecule has 3 aromatic rings. The van der Waals surface area contributed by atoms with Crippen LogP contribution in [0.3, 0.4) is 0 Å². The molecule has 0 aliphatic heterocycles. The lowest BCUT2D eigenvalue weighted by Crippen LogP contribution is -2.39. The fourth-order valence-electron chi connectivity index (χ4n) is 2.70. The van der Waals surface area contributed by atoms with E-state index in [1.165, 1.54) is 0 Å². The zero-order chi connectivity index (χ0) is 18.4. The summed E-state index contributed by atoms with van der Waals surface area (Å²) < 4.78 is 3.80. The van der Waals surface area contributed by atoms with Gasteiger partial charge in [-0.05, 0) is 25.5 Å². The molecule has 0 spiro atoms. The van der Waals surface area contributed by atoms with Crippen LogP contribution in [0.4, 0.5) is 0 Å². The average Bonchev–Trinajstić information content (AvgIpc) is 3.24. The molecule has 0 fully saturated rings. The molecule has 0 aliphatic rings. The van der Waals surface area contributed by atoms with Crippen LogP contribution < -0.4 is 5.32 Å². The second-order valence-corrected chi connectivity index (χ2v) is 6.04. The number of hydrogen-bond donors (Lipinski definition) is 1. The van der Waals surface area contributed by atoms with E-state index < -0.39 is 0 Å². The maximum Gasteiger partial charge on any atom is 0.194 e. The van der Waals surface area contributed by atoms with Crippen molar-refractivity contribution >= 4 is 11.6 Å². The van der Waals surface area contributed by atoms with Crippen molar-refractivity contribution in [3.63, 3.8) is 0 Å². The van der Waals surface area contributed by atoms with Gasteiger partial charge in [-0.2, -0.15) is 5.10 Å². The SMILES string of the molecule is CCNC(=NCCCc1nnc2ccccn12)N(C)Cc1ncnn1C. The number of rotatable bonds is 7. The van der Waals surface area contributed by atoms with Crippen LogP contribution in [-0.4, -0.2) is 60.4 Å². The van der Waals surface area contributed by atoms with Crippen LogP contribution in [0.5, 0.6) is 0 Å². The Morgan fingerprint density at radius 2 is 2.15 bits per heavy atom. The van der Waals surface area contributed by atoms with Crippen LogP contribution in [0.15, 0.2) is 35.7 Å². The number of nitrogens with one attached hydrogen (secondary N) is 1. The molecule has 0 radical (unpaired) electrons. The van der Waals surface area contributed by atoms with E-state index in [1.54, 1.807) is 11.0 Å². The van der Waals surface area contributed by atoms with Gasteiger partial charge in [0, 0.05) is 39.8 Å². The van der Waals surface area contributed by atoms with Gasteiger partial charge in [0.2, 0.25) is 0 Å². The number of nitrogens with zero attached hydrogens (tertiary/aromatic N) is 8. The van der Waals surface area contributed by atoms with E-state index in [-0.39, 0.29) is 0 Å². The van der Waals surface area contributed by atoms with Crippen molar-refractivity contribution in [3.8, 4) is 0 Å². The van der Waals surface area contributed by atoms with E-state index in [4.69, 9.17) is 4.99 Å². The molecule has 0 saturated carbocycles. The Labute approximate surface area is 152 Å². The lowest BCUT2D eigenvalue weighted by atomic mass is 10.3. The summed E-state index contributed by atoms with van der Waals surface area (Å²) in [5.41, 5.74) is 0.878. The minimum Gasteiger partial charge on any atom is -0.357 e. The highest BCUT2D eigenvalue weighted by Crippen LogP contribution is 2.05. The first-order valence-corrected chi connectivity index (χ1v) is 8.80. The highest BCUT2D eigenvalue weighted by Gasteiger charge is 2.10. The molecule has 9 nitrogen and oxygen atoms in total. The van der Waals surface area contributed by atoms with Crippen LogP contribution in [0.25, 0.3) is 5.65 Å². The normalized spacial score (nSPS) is 11.9. The Balaban J connectivity index is 1.57. The van der Waals surface area contributed by atoms with Crippen LogP contribution in [0.2, 0.25) is 0 Å². The summed E-state index contributed by atoms with van der Waals surface area (Å²) in [6, 6.07) is 5.91. The summed E-state index contributed by atoms with van der Waals surface area (Å²) in [6.07, 6.45) is 5.30. The second kappa shape index (κ2) is 8.41. The number of pyridine rings is 1. The molecular weight excluding hydrogens is 330 g/mol. The summed E-state index contributed by atoms with van der Waals surface area (Å²) in [4.78, 5) is 11.0. The van der Waals surface area contributed by atoms with Gasteiger partial charge in [-0.3, -0.25) is 14.1 Å². The van der Waals surface area contributed by atoms with Crippen molar-refractivity contribution in [2.75, 3.05) is 20.1 Å². The number of hydrogen-bond acceptors (Lipinski definition) is 5. The van der Waals surface area contributed by atoms with Crippen molar-refractivity contribution in [2.45, 2.75) is 26.3 Å². The summed E-state index contributed by atoms with van der Waals surface area (Å²) in [5, 5.41) is 15.9. The van der Waals surface area contributed by atoms with Gasteiger partial charge in [0.1, 0.15) is 18.0 Å².